The fraction of sp³-hybridized carbons (Fsp3) is 0.357. The maximum absolute atomic E-state index is 12.2. The number of hydrogen-bond acceptors (Lipinski definition) is 2. The molecule has 0 fully saturated rings. The molecule has 1 heterocycles. The molecule has 2 amide bonds. The van der Waals surface area contributed by atoms with Gasteiger partial charge >= 0.3 is 0 Å². The summed E-state index contributed by atoms with van der Waals surface area (Å²) in [5.41, 5.74) is 1.02. The van der Waals surface area contributed by atoms with Crippen molar-refractivity contribution in [3.8, 4) is 0 Å². The van der Waals surface area contributed by atoms with E-state index in [1.807, 2.05) is 13.8 Å². The summed E-state index contributed by atoms with van der Waals surface area (Å²) in [7, 11) is 0. The summed E-state index contributed by atoms with van der Waals surface area (Å²) >= 11 is 0. The van der Waals surface area contributed by atoms with Crippen molar-refractivity contribution in [3.63, 3.8) is 0 Å². The Kier molecular flexibility index (Phi) is 3.01. The molecule has 17 heavy (non-hydrogen) atoms. The van der Waals surface area contributed by atoms with E-state index in [2.05, 4.69) is 6.92 Å². The van der Waals surface area contributed by atoms with Crippen LogP contribution < -0.4 is 0 Å². The van der Waals surface area contributed by atoms with Crippen LogP contribution in [0.1, 0.15) is 41.0 Å². The SMILES string of the molecule is [CH2]C[C@H](C(C)C)N1C(=O)c2ccccc2C1=O. The summed E-state index contributed by atoms with van der Waals surface area (Å²) in [5.74, 6) is -0.157. The van der Waals surface area contributed by atoms with Crippen molar-refractivity contribution in [1.29, 1.82) is 0 Å². The first-order valence-electron chi connectivity index (χ1n) is 5.84. The van der Waals surface area contributed by atoms with Crippen LogP contribution in [0.4, 0.5) is 0 Å². The summed E-state index contributed by atoms with van der Waals surface area (Å²) in [4.78, 5) is 25.7. The lowest BCUT2D eigenvalue weighted by molar-refractivity contribution is 0.0542. The van der Waals surface area contributed by atoms with Crippen LogP contribution >= 0.6 is 0 Å². The first kappa shape index (κ1) is 11.8. The van der Waals surface area contributed by atoms with Crippen LogP contribution in [0.15, 0.2) is 24.3 Å². The quantitative estimate of drug-likeness (QED) is 0.748. The van der Waals surface area contributed by atoms with Gasteiger partial charge in [-0.3, -0.25) is 14.5 Å². The van der Waals surface area contributed by atoms with Gasteiger partial charge in [-0.2, -0.15) is 0 Å². The molecule has 1 atom stereocenters. The normalized spacial score (nSPS) is 16.6. The molecule has 89 valence electrons. The number of nitrogens with zero attached hydrogens (tertiary/aromatic N) is 1. The van der Waals surface area contributed by atoms with Gasteiger partial charge in [-0.25, -0.2) is 0 Å². The van der Waals surface area contributed by atoms with E-state index in [1.165, 1.54) is 4.90 Å². The van der Waals surface area contributed by atoms with Gasteiger partial charge in [0.1, 0.15) is 0 Å². The smallest absolute Gasteiger partial charge is 0.261 e. The molecular formula is C14H16NO2. The predicted molar refractivity (Wildman–Crippen MR) is 65.5 cm³/mol. The number of fused-ring (bicyclic) bond motifs is 1. The van der Waals surface area contributed by atoms with Crippen molar-refractivity contribution in [2.45, 2.75) is 26.3 Å². The van der Waals surface area contributed by atoms with Crippen LogP contribution in [0.3, 0.4) is 0 Å². The molecule has 0 aromatic heterocycles. The fourth-order valence-electron chi connectivity index (χ4n) is 2.27. The van der Waals surface area contributed by atoms with Crippen LogP contribution in [-0.2, 0) is 0 Å². The third kappa shape index (κ3) is 1.75. The minimum atomic E-state index is -0.187. The zero-order valence-corrected chi connectivity index (χ0v) is 10.1. The maximum Gasteiger partial charge on any atom is 0.261 e. The number of imide groups is 1. The highest BCUT2D eigenvalue weighted by atomic mass is 16.2. The molecule has 0 saturated carbocycles. The van der Waals surface area contributed by atoms with Crippen LogP contribution in [0.2, 0.25) is 0 Å². The van der Waals surface area contributed by atoms with Gasteiger partial charge < -0.3 is 0 Å². The lowest BCUT2D eigenvalue weighted by Gasteiger charge is -2.28. The van der Waals surface area contributed by atoms with E-state index in [9.17, 15) is 9.59 Å². The Balaban J connectivity index is 2.42. The summed E-state index contributed by atoms with van der Waals surface area (Å²) in [6.07, 6.45) is 0.545. The zero-order valence-electron chi connectivity index (χ0n) is 10.1. The summed E-state index contributed by atoms with van der Waals surface area (Å²) < 4.78 is 0. The molecule has 0 unspecified atom stereocenters. The summed E-state index contributed by atoms with van der Waals surface area (Å²) in [6, 6.07) is 6.85. The number of benzene rings is 1. The number of carbonyl (C=O) groups is 2. The molecule has 0 bridgehead atoms. The van der Waals surface area contributed by atoms with E-state index >= 15 is 0 Å². The van der Waals surface area contributed by atoms with Crippen LogP contribution in [0.5, 0.6) is 0 Å². The molecule has 1 aromatic carbocycles. The van der Waals surface area contributed by atoms with Crippen LogP contribution in [0.25, 0.3) is 0 Å². The van der Waals surface area contributed by atoms with Crippen molar-refractivity contribution >= 4 is 11.8 Å². The second-order valence-corrected chi connectivity index (χ2v) is 4.63. The molecule has 0 saturated heterocycles. The van der Waals surface area contributed by atoms with Crippen molar-refractivity contribution in [2.75, 3.05) is 0 Å². The van der Waals surface area contributed by atoms with Gasteiger partial charge in [0.2, 0.25) is 0 Å². The minimum absolute atomic E-state index is 0.123. The standard InChI is InChI=1S/C14H16NO2/c1-4-12(9(2)3)15-13(16)10-7-5-6-8-11(10)14(15)17/h5-9,12H,1,4H2,2-3H3/t12-/m1/s1. The lowest BCUT2D eigenvalue weighted by atomic mass is 10.00. The first-order chi connectivity index (χ1) is 8.07. The highest BCUT2D eigenvalue weighted by molar-refractivity contribution is 6.21. The van der Waals surface area contributed by atoms with Gasteiger partial charge in [0, 0.05) is 6.04 Å². The van der Waals surface area contributed by atoms with E-state index in [-0.39, 0.29) is 23.8 Å². The molecule has 1 aliphatic heterocycles. The largest absolute Gasteiger partial charge is 0.271 e. The third-order valence-electron chi connectivity index (χ3n) is 3.22. The van der Waals surface area contributed by atoms with Crippen molar-refractivity contribution < 1.29 is 9.59 Å². The van der Waals surface area contributed by atoms with E-state index < -0.39 is 0 Å². The molecule has 1 radical (unpaired) electrons. The van der Waals surface area contributed by atoms with Crippen LogP contribution in [0, 0.1) is 12.8 Å². The first-order valence-corrected chi connectivity index (χ1v) is 5.84. The Labute approximate surface area is 101 Å². The molecule has 0 N–H and O–H groups in total. The van der Waals surface area contributed by atoms with Gasteiger partial charge in [0.25, 0.3) is 11.8 Å². The second kappa shape index (κ2) is 4.32. The average Bonchev–Trinajstić information content (AvgIpc) is 2.56. The van der Waals surface area contributed by atoms with Gasteiger partial charge in [0.15, 0.2) is 0 Å². The van der Waals surface area contributed by atoms with Crippen molar-refractivity contribution in [1.82, 2.24) is 4.90 Å². The molecule has 0 aliphatic carbocycles. The Morgan fingerprint density at radius 1 is 1.12 bits per heavy atom. The Bertz CT molecular complexity index is 430. The van der Waals surface area contributed by atoms with Crippen molar-refractivity contribution in [3.05, 3.63) is 42.3 Å². The zero-order chi connectivity index (χ0) is 12.6. The second-order valence-electron chi connectivity index (χ2n) is 4.63. The topological polar surface area (TPSA) is 37.4 Å². The highest BCUT2D eigenvalue weighted by Gasteiger charge is 2.39. The van der Waals surface area contributed by atoms with E-state index in [0.717, 1.165) is 0 Å². The highest BCUT2D eigenvalue weighted by Crippen LogP contribution is 2.27. The molecule has 3 nitrogen and oxygen atoms in total. The molecule has 2 rings (SSSR count). The Morgan fingerprint density at radius 2 is 1.59 bits per heavy atom. The van der Waals surface area contributed by atoms with Gasteiger partial charge in [-0.15, -0.1) is 0 Å². The number of amides is 2. The third-order valence-corrected chi connectivity index (χ3v) is 3.22. The van der Waals surface area contributed by atoms with Gasteiger partial charge in [-0.1, -0.05) is 32.9 Å². The van der Waals surface area contributed by atoms with Gasteiger partial charge in [0.05, 0.1) is 11.1 Å². The monoisotopic (exact) mass is 230 g/mol. The average molecular weight is 230 g/mol. The van der Waals surface area contributed by atoms with Gasteiger partial charge in [-0.05, 0) is 24.5 Å². The van der Waals surface area contributed by atoms with Crippen LogP contribution in [-0.4, -0.2) is 22.8 Å². The Morgan fingerprint density at radius 3 is 1.94 bits per heavy atom. The molecular weight excluding hydrogens is 214 g/mol. The summed E-state index contributed by atoms with van der Waals surface area (Å²) in [5, 5.41) is 0. The maximum atomic E-state index is 12.2. The number of rotatable bonds is 3. The van der Waals surface area contributed by atoms with E-state index in [4.69, 9.17) is 0 Å². The molecule has 3 heteroatoms. The number of hydrogen-bond donors (Lipinski definition) is 0. The molecule has 1 aliphatic rings. The van der Waals surface area contributed by atoms with E-state index in [0.29, 0.717) is 17.5 Å². The van der Waals surface area contributed by atoms with E-state index in [1.54, 1.807) is 24.3 Å². The van der Waals surface area contributed by atoms with Crippen molar-refractivity contribution in [2.24, 2.45) is 5.92 Å². The number of carbonyl (C=O) groups excluding carboxylic acids is 2. The fourth-order valence-corrected chi connectivity index (χ4v) is 2.27. The summed E-state index contributed by atoms with van der Waals surface area (Å²) in [6.45, 7) is 7.84. The minimum Gasteiger partial charge on any atom is -0.271 e. The lowest BCUT2D eigenvalue weighted by Crippen LogP contribution is -2.42. The predicted octanol–water partition coefficient (Wildman–Crippen LogP) is 2.53. The Hall–Kier alpha value is -1.64. The molecule has 0 spiro atoms. The molecule has 1 aromatic rings.